The highest BCUT2D eigenvalue weighted by molar-refractivity contribution is 5.82. The van der Waals surface area contributed by atoms with E-state index in [0.29, 0.717) is 6.61 Å². The fraction of sp³-hybridized carbons (Fsp3) is 0.600. The lowest BCUT2D eigenvalue weighted by Crippen LogP contribution is -2.49. The zero-order chi connectivity index (χ0) is 19.1. The molecule has 1 N–H and O–H groups in total. The van der Waals surface area contributed by atoms with E-state index in [1.54, 1.807) is 7.11 Å². The van der Waals surface area contributed by atoms with Gasteiger partial charge in [0.15, 0.2) is 0 Å². The molecule has 0 aromatic heterocycles. The van der Waals surface area contributed by atoms with Crippen LogP contribution >= 0.6 is 0 Å². The summed E-state index contributed by atoms with van der Waals surface area (Å²) in [7, 11) is 1.63. The van der Waals surface area contributed by atoms with Gasteiger partial charge in [-0.3, -0.25) is 14.5 Å². The molecule has 0 spiro atoms. The van der Waals surface area contributed by atoms with Gasteiger partial charge < -0.3 is 14.8 Å². The van der Waals surface area contributed by atoms with Gasteiger partial charge >= 0.3 is 5.97 Å². The smallest absolute Gasteiger partial charge is 0.309 e. The number of benzene rings is 1. The van der Waals surface area contributed by atoms with Crippen molar-refractivity contribution in [2.24, 2.45) is 5.92 Å². The molecule has 0 saturated carbocycles. The van der Waals surface area contributed by atoms with E-state index in [1.807, 2.05) is 45.0 Å². The van der Waals surface area contributed by atoms with E-state index in [0.717, 1.165) is 37.2 Å². The molecule has 1 saturated heterocycles. The maximum atomic E-state index is 12.7. The number of hydrogen-bond acceptors (Lipinski definition) is 5. The Bertz CT molecular complexity index is 612. The van der Waals surface area contributed by atoms with Crippen LogP contribution in [0.25, 0.3) is 0 Å². The summed E-state index contributed by atoms with van der Waals surface area (Å²) >= 11 is 0. The number of amides is 1. The first-order chi connectivity index (χ1) is 12.5. The van der Waals surface area contributed by atoms with Crippen molar-refractivity contribution in [2.75, 3.05) is 26.8 Å². The number of rotatable bonds is 7. The summed E-state index contributed by atoms with van der Waals surface area (Å²) < 4.78 is 10.5. The Balaban J connectivity index is 1.89. The van der Waals surface area contributed by atoms with Crippen molar-refractivity contribution in [1.82, 2.24) is 10.2 Å². The number of hydrogen-bond donors (Lipinski definition) is 1. The fourth-order valence-electron chi connectivity index (χ4n) is 3.38. The summed E-state index contributed by atoms with van der Waals surface area (Å²) in [6.45, 7) is 7.55. The van der Waals surface area contributed by atoms with Crippen molar-refractivity contribution in [3.8, 4) is 5.75 Å². The van der Waals surface area contributed by atoms with Crippen LogP contribution in [0.5, 0.6) is 5.75 Å². The van der Waals surface area contributed by atoms with Gasteiger partial charge in [0.05, 0.1) is 31.7 Å². The molecule has 0 radical (unpaired) electrons. The third-order valence-electron chi connectivity index (χ3n) is 5.04. The van der Waals surface area contributed by atoms with Crippen LogP contribution in [-0.4, -0.2) is 49.6 Å². The van der Waals surface area contributed by atoms with Crippen LogP contribution in [0, 0.1) is 5.92 Å². The summed E-state index contributed by atoms with van der Waals surface area (Å²) in [4.78, 5) is 26.6. The Kier molecular flexibility index (Phi) is 7.45. The predicted octanol–water partition coefficient (Wildman–Crippen LogP) is 2.54. The molecule has 6 nitrogen and oxygen atoms in total. The molecule has 1 aliphatic rings. The predicted molar refractivity (Wildman–Crippen MR) is 99.9 cm³/mol. The molecule has 0 aliphatic carbocycles. The number of esters is 1. The van der Waals surface area contributed by atoms with Crippen LogP contribution in [0.1, 0.15) is 45.2 Å². The standard InChI is InChI=1S/C20H30N2O4/c1-5-26-20(24)16-10-12-22(13-11-16)15(3)19(23)21-14(2)17-8-6-7-9-18(17)25-4/h6-9,14-16H,5,10-13H2,1-4H3,(H,21,23). The second-order valence-corrected chi connectivity index (χ2v) is 6.71. The molecule has 0 bridgehead atoms. The summed E-state index contributed by atoms with van der Waals surface area (Å²) in [6.07, 6.45) is 1.47. The van der Waals surface area contributed by atoms with E-state index in [1.165, 1.54) is 0 Å². The van der Waals surface area contributed by atoms with E-state index >= 15 is 0 Å². The highest BCUT2D eigenvalue weighted by Crippen LogP contribution is 2.25. The number of nitrogens with one attached hydrogen (secondary N) is 1. The average Bonchev–Trinajstić information content (AvgIpc) is 2.67. The largest absolute Gasteiger partial charge is 0.496 e. The van der Waals surface area contributed by atoms with Crippen LogP contribution < -0.4 is 10.1 Å². The van der Waals surface area contributed by atoms with E-state index < -0.39 is 0 Å². The third-order valence-corrected chi connectivity index (χ3v) is 5.04. The topological polar surface area (TPSA) is 67.9 Å². The minimum atomic E-state index is -0.240. The SMILES string of the molecule is CCOC(=O)C1CCN(C(C)C(=O)NC(C)c2ccccc2OC)CC1. The molecular weight excluding hydrogens is 332 g/mol. The van der Waals surface area contributed by atoms with Crippen LogP contribution in [-0.2, 0) is 14.3 Å². The maximum Gasteiger partial charge on any atom is 0.309 e. The van der Waals surface area contributed by atoms with Crippen LogP contribution in [0.15, 0.2) is 24.3 Å². The second-order valence-electron chi connectivity index (χ2n) is 6.71. The fourth-order valence-corrected chi connectivity index (χ4v) is 3.38. The first-order valence-corrected chi connectivity index (χ1v) is 9.31. The highest BCUT2D eigenvalue weighted by Gasteiger charge is 2.31. The van der Waals surface area contributed by atoms with Crippen LogP contribution in [0.4, 0.5) is 0 Å². The van der Waals surface area contributed by atoms with Crippen LogP contribution in [0.2, 0.25) is 0 Å². The first kappa shape index (κ1) is 20.2. The Hall–Kier alpha value is -2.08. The van der Waals surface area contributed by atoms with Gasteiger partial charge in [0, 0.05) is 5.56 Å². The molecule has 1 aromatic rings. The summed E-state index contributed by atoms with van der Waals surface area (Å²) in [5.41, 5.74) is 0.955. The molecule has 2 rings (SSSR count). The number of methoxy groups -OCH3 is 1. The molecule has 1 amide bonds. The van der Waals surface area contributed by atoms with Crippen molar-refractivity contribution < 1.29 is 19.1 Å². The molecule has 2 atom stereocenters. The molecule has 2 unspecified atom stereocenters. The lowest BCUT2D eigenvalue weighted by atomic mass is 9.96. The molecule has 26 heavy (non-hydrogen) atoms. The summed E-state index contributed by atoms with van der Waals surface area (Å²) in [5, 5.41) is 3.07. The number of likely N-dealkylation sites (tertiary alicyclic amines) is 1. The average molecular weight is 362 g/mol. The van der Waals surface area contributed by atoms with Crippen LogP contribution in [0.3, 0.4) is 0 Å². The Morgan fingerprint density at radius 1 is 1.23 bits per heavy atom. The van der Waals surface area contributed by atoms with E-state index in [9.17, 15) is 9.59 Å². The number of ether oxygens (including phenoxy) is 2. The van der Waals surface area contributed by atoms with Gasteiger partial charge in [-0.25, -0.2) is 0 Å². The van der Waals surface area contributed by atoms with Gasteiger partial charge in [0.2, 0.25) is 5.91 Å². The van der Waals surface area contributed by atoms with Gasteiger partial charge in [0.1, 0.15) is 5.75 Å². The van der Waals surface area contributed by atoms with E-state index in [-0.39, 0.29) is 29.9 Å². The van der Waals surface area contributed by atoms with Crippen molar-refractivity contribution in [3.63, 3.8) is 0 Å². The Labute approximate surface area is 155 Å². The molecule has 6 heteroatoms. The summed E-state index contributed by atoms with van der Waals surface area (Å²) in [6, 6.07) is 7.31. The lowest BCUT2D eigenvalue weighted by Gasteiger charge is -2.34. The number of carbonyl (C=O) groups excluding carboxylic acids is 2. The van der Waals surface area contributed by atoms with Gasteiger partial charge in [0.25, 0.3) is 0 Å². The Morgan fingerprint density at radius 2 is 1.88 bits per heavy atom. The molecule has 1 heterocycles. The zero-order valence-corrected chi connectivity index (χ0v) is 16.2. The molecular formula is C20H30N2O4. The lowest BCUT2D eigenvalue weighted by molar-refractivity contribution is -0.149. The molecule has 144 valence electrons. The summed E-state index contributed by atoms with van der Waals surface area (Å²) in [5.74, 6) is 0.587. The van der Waals surface area contributed by atoms with Crippen molar-refractivity contribution in [3.05, 3.63) is 29.8 Å². The second kappa shape index (κ2) is 9.57. The van der Waals surface area contributed by atoms with E-state index in [4.69, 9.17) is 9.47 Å². The Morgan fingerprint density at radius 3 is 2.50 bits per heavy atom. The monoisotopic (exact) mass is 362 g/mol. The number of para-hydroxylation sites is 1. The van der Waals surface area contributed by atoms with Gasteiger partial charge in [-0.2, -0.15) is 0 Å². The quantitative estimate of drug-likeness (QED) is 0.755. The zero-order valence-electron chi connectivity index (χ0n) is 16.2. The van der Waals surface area contributed by atoms with Gasteiger partial charge in [-0.1, -0.05) is 18.2 Å². The molecule has 1 fully saturated rings. The number of piperidine rings is 1. The minimum absolute atomic E-state index is 0.0157. The molecule has 1 aromatic carbocycles. The normalized spacial score (nSPS) is 18.0. The third kappa shape index (κ3) is 4.97. The minimum Gasteiger partial charge on any atom is -0.496 e. The van der Waals surface area contributed by atoms with E-state index in [2.05, 4.69) is 10.2 Å². The number of carbonyl (C=O) groups is 2. The van der Waals surface area contributed by atoms with Crippen molar-refractivity contribution >= 4 is 11.9 Å². The van der Waals surface area contributed by atoms with Gasteiger partial charge in [-0.15, -0.1) is 0 Å². The maximum absolute atomic E-state index is 12.7. The first-order valence-electron chi connectivity index (χ1n) is 9.31. The molecule has 1 aliphatic heterocycles. The highest BCUT2D eigenvalue weighted by atomic mass is 16.5. The van der Waals surface area contributed by atoms with Crippen molar-refractivity contribution in [2.45, 2.75) is 45.7 Å². The van der Waals surface area contributed by atoms with Gasteiger partial charge in [-0.05, 0) is 52.8 Å². The van der Waals surface area contributed by atoms with Crippen molar-refractivity contribution in [1.29, 1.82) is 0 Å². The number of nitrogens with zero attached hydrogens (tertiary/aromatic N) is 1.